The molecule has 2 N–H and O–H groups in total. The van der Waals surface area contributed by atoms with E-state index < -0.39 is 0 Å². The zero-order valence-electron chi connectivity index (χ0n) is 11.7. The van der Waals surface area contributed by atoms with E-state index in [1.807, 2.05) is 43.3 Å². The van der Waals surface area contributed by atoms with Gasteiger partial charge in [0.05, 0.1) is 0 Å². The van der Waals surface area contributed by atoms with E-state index in [2.05, 4.69) is 20.8 Å². The summed E-state index contributed by atoms with van der Waals surface area (Å²) in [6.45, 7) is 0. The van der Waals surface area contributed by atoms with E-state index >= 15 is 0 Å². The Morgan fingerprint density at radius 1 is 1.15 bits per heavy atom. The van der Waals surface area contributed by atoms with Crippen molar-refractivity contribution >= 4 is 23.1 Å². The smallest absolute Gasteiger partial charge is 0.276 e. The van der Waals surface area contributed by atoms with E-state index in [4.69, 9.17) is 0 Å². The highest BCUT2D eigenvalue weighted by Crippen LogP contribution is 2.17. The molecular weight excluding hydrogens is 254 g/mol. The first kappa shape index (κ1) is 13.8. The van der Waals surface area contributed by atoms with Gasteiger partial charge < -0.3 is 15.5 Å². The zero-order valence-corrected chi connectivity index (χ0v) is 11.7. The van der Waals surface area contributed by atoms with Crippen LogP contribution >= 0.6 is 0 Å². The lowest BCUT2D eigenvalue weighted by Crippen LogP contribution is -2.15. The Kier molecular flexibility index (Phi) is 4.14. The number of hydrogen-bond donors (Lipinski definition) is 2. The van der Waals surface area contributed by atoms with Gasteiger partial charge in [-0.05, 0) is 30.3 Å². The minimum absolute atomic E-state index is 0.277. The van der Waals surface area contributed by atoms with Crippen LogP contribution in [0, 0.1) is 0 Å². The number of rotatable bonds is 4. The van der Waals surface area contributed by atoms with E-state index in [9.17, 15) is 4.79 Å². The van der Waals surface area contributed by atoms with Crippen LogP contribution in [0.15, 0.2) is 36.4 Å². The molecule has 2 rings (SSSR count). The summed E-state index contributed by atoms with van der Waals surface area (Å²) in [5.41, 5.74) is 2.01. The van der Waals surface area contributed by atoms with Gasteiger partial charge in [-0.1, -0.05) is 6.07 Å². The summed E-state index contributed by atoms with van der Waals surface area (Å²) >= 11 is 0. The maximum absolute atomic E-state index is 12.0. The topological polar surface area (TPSA) is 70.2 Å². The van der Waals surface area contributed by atoms with Crippen LogP contribution in [0.2, 0.25) is 0 Å². The van der Waals surface area contributed by atoms with Gasteiger partial charge in [0.15, 0.2) is 5.69 Å². The first-order valence-corrected chi connectivity index (χ1v) is 6.20. The fourth-order valence-corrected chi connectivity index (χ4v) is 1.64. The van der Waals surface area contributed by atoms with Gasteiger partial charge >= 0.3 is 0 Å². The summed E-state index contributed by atoms with van der Waals surface area (Å²) in [7, 11) is 5.64. The molecule has 0 saturated heterocycles. The van der Waals surface area contributed by atoms with Crippen LogP contribution < -0.4 is 15.5 Å². The molecule has 1 amide bonds. The molecule has 104 valence electrons. The Morgan fingerprint density at radius 2 is 1.95 bits per heavy atom. The third-order valence-electron chi connectivity index (χ3n) is 2.77. The van der Waals surface area contributed by atoms with E-state index in [0.717, 1.165) is 11.4 Å². The molecular formula is C14H17N5O. The molecule has 1 heterocycles. The quantitative estimate of drug-likeness (QED) is 0.888. The van der Waals surface area contributed by atoms with Crippen molar-refractivity contribution in [2.75, 3.05) is 36.7 Å². The van der Waals surface area contributed by atoms with E-state index in [0.29, 0.717) is 5.82 Å². The molecule has 0 radical (unpaired) electrons. The molecule has 0 aliphatic rings. The summed E-state index contributed by atoms with van der Waals surface area (Å²) in [4.78, 5) is 14.0. The number of carbonyl (C=O) groups is 1. The summed E-state index contributed by atoms with van der Waals surface area (Å²) < 4.78 is 0. The van der Waals surface area contributed by atoms with Crippen LogP contribution in [0.4, 0.5) is 17.2 Å². The van der Waals surface area contributed by atoms with Crippen molar-refractivity contribution in [3.8, 4) is 0 Å². The van der Waals surface area contributed by atoms with Crippen LogP contribution in [-0.2, 0) is 0 Å². The zero-order chi connectivity index (χ0) is 14.5. The van der Waals surface area contributed by atoms with Gasteiger partial charge in [-0.15, -0.1) is 10.2 Å². The fraction of sp³-hybridized carbons (Fsp3) is 0.214. The molecule has 0 spiro atoms. The van der Waals surface area contributed by atoms with E-state index in [1.54, 1.807) is 19.2 Å². The van der Waals surface area contributed by atoms with Crippen LogP contribution in [0.5, 0.6) is 0 Å². The normalized spacial score (nSPS) is 9.95. The predicted molar refractivity (Wildman–Crippen MR) is 80.3 cm³/mol. The molecule has 0 aliphatic heterocycles. The molecule has 2 aromatic rings. The number of nitrogens with one attached hydrogen (secondary N) is 2. The molecule has 6 heteroatoms. The fourth-order valence-electron chi connectivity index (χ4n) is 1.64. The Hall–Kier alpha value is -2.63. The van der Waals surface area contributed by atoms with Crippen LogP contribution in [0.3, 0.4) is 0 Å². The Morgan fingerprint density at radius 3 is 2.55 bits per heavy atom. The lowest BCUT2D eigenvalue weighted by atomic mass is 10.2. The lowest BCUT2D eigenvalue weighted by molar-refractivity contribution is 0.102. The lowest BCUT2D eigenvalue weighted by Gasteiger charge is -2.13. The van der Waals surface area contributed by atoms with Crippen molar-refractivity contribution in [2.45, 2.75) is 0 Å². The second-order valence-corrected chi connectivity index (χ2v) is 4.45. The minimum Gasteiger partial charge on any atom is -0.378 e. The maximum atomic E-state index is 12.0. The number of anilines is 3. The standard InChI is InChI=1S/C14H17N5O/c1-15-13-8-7-12(17-18-13)14(20)16-10-5-4-6-11(9-10)19(2)3/h4-9H,1-3H3,(H,15,18)(H,16,20). The van der Waals surface area contributed by atoms with E-state index in [-0.39, 0.29) is 11.6 Å². The molecule has 0 unspecified atom stereocenters. The highest BCUT2D eigenvalue weighted by Gasteiger charge is 2.09. The van der Waals surface area contributed by atoms with Gasteiger partial charge in [-0.2, -0.15) is 0 Å². The number of benzene rings is 1. The van der Waals surface area contributed by atoms with Gasteiger partial charge in [0, 0.05) is 32.5 Å². The average molecular weight is 271 g/mol. The van der Waals surface area contributed by atoms with Crippen molar-refractivity contribution in [3.63, 3.8) is 0 Å². The molecule has 20 heavy (non-hydrogen) atoms. The molecule has 0 aliphatic carbocycles. The molecule has 6 nitrogen and oxygen atoms in total. The number of aromatic nitrogens is 2. The van der Waals surface area contributed by atoms with Crippen LogP contribution in [-0.4, -0.2) is 37.2 Å². The highest BCUT2D eigenvalue weighted by atomic mass is 16.1. The van der Waals surface area contributed by atoms with Gasteiger partial charge in [-0.25, -0.2) is 0 Å². The summed E-state index contributed by atoms with van der Waals surface area (Å²) in [5, 5.41) is 13.4. The predicted octanol–water partition coefficient (Wildman–Crippen LogP) is 1.84. The van der Waals surface area contributed by atoms with E-state index in [1.165, 1.54) is 0 Å². The molecule has 0 atom stereocenters. The first-order chi connectivity index (χ1) is 9.60. The molecule has 0 fully saturated rings. The highest BCUT2D eigenvalue weighted by molar-refractivity contribution is 6.03. The van der Waals surface area contributed by atoms with Gasteiger partial charge in [0.1, 0.15) is 5.82 Å². The number of nitrogens with zero attached hydrogens (tertiary/aromatic N) is 3. The van der Waals surface area contributed by atoms with Crippen molar-refractivity contribution < 1.29 is 4.79 Å². The van der Waals surface area contributed by atoms with Crippen LogP contribution in [0.25, 0.3) is 0 Å². The third-order valence-corrected chi connectivity index (χ3v) is 2.77. The molecule has 0 bridgehead atoms. The molecule has 0 saturated carbocycles. The number of carbonyl (C=O) groups excluding carboxylic acids is 1. The molecule has 1 aromatic heterocycles. The Balaban J connectivity index is 2.12. The van der Waals surface area contributed by atoms with Crippen LogP contribution in [0.1, 0.15) is 10.5 Å². The van der Waals surface area contributed by atoms with Crippen molar-refractivity contribution in [3.05, 3.63) is 42.1 Å². The monoisotopic (exact) mass is 271 g/mol. The SMILES string of the molecule is CNc1ccc(C(=O)Nc2cccc(N(C)C)c2)nn1. The van der Waals surface area contributed by atoms with Crippen molar-refractivity contribution in [1.29, 1.82) is 0 Å². The average Bonchev–Trinajstić information content (AvgIpc) is 2.47. The summed E-state index contributed by atoms with van der Waals surface area (Å²) in [5.74, 6) is 0.340. The second kappa shape index (κ2) is 6.01. The van der Waals surface area contributed by atoms with Gasteiger partial charge in [0.25, 0.3) is 5.91 Å². The third kappa shape index (κ3) is 3.23. The Labute approximate surface area is 117 Å². The summed E-state index contributed by atoms with van der Waals surface area (Å²) in [6.07, 6.45) is 0. The largest absolute Gasteiger partial charge is 0.378 e. The number of amides is 1. The van der Waals surface area contributed by atoms with Crippen molar-refractivity contribution in [2.24, 2.45) is 0 Å². The Bertz CT molecular complexity index is 595. The second-order valence-electron chi connectivity index (χ2n) is 4.45. The number of hydrogen-bond acceptors (Lipinski definition) is 5. The maximum Gasteiger partial charge on any atom is 0.276 e. The first-order valence-electron chi connectivity index (χ1n) is 6.20. The van der Waals surface area contributed by atoms with Crippen molar-refractivity contribution in [1.82, 2.24) is 10.2 Å². The summed E-state index contributed by atoms with van der Waals surface area (Å²) in [6, 6.07) is 10.9. The van der Waals surface area contributed by atoms with Gasteiger partial charge in [0.2, 0.25) is 0 Å². The van der Waals surface area contributed by atoms with Gasteiger partial charge in [-0.3, -0.25) is 4.79 Å². The molecule has 1 aromatic carbocycles. The minimum atomic E-state index is -0.281.